The molecule has 0 spiro atoms. The van der Waals surface area contributed by atoms with E-state index >= 15 is 0 Å². The molecule has 1 heteroatoms. The van der Waals surface area contributed by atoms with E-state index in [1.54, 1.807) is 6.92 Å². The molecule has 0 saturated heterocycles. The molecule has 0 radical (unpaired) electrons. The van der Waals surface area contributed by atoms with Gasteiger partial charge >= 0.3 is 26.2 Å². The summed E-state index contributed by atoms with van der Waals surface area (Å²) in [6.45, 7) is 5.00. The van der Waals surface area contributed by atoms with Crippen molar-refractivity contribution in [3.8, 4) is 0 Å². The van der Waals surface area contributed by atoms with Gasteiger partial charge in [0.2, 0.25) is 0 Å². The Balaban J connectivity index is -0.000000000833. The Kier molecular flexibility index (Phi) is 2010. The van der Waals surface area contributed by atoms with Crippen LogP contribution in [0, 0.1) is 29.2 Å². The van der Waals surface area contributed by atoms with Crippen LogP contribution in [0.2, 0.25) is 0 Å². The third-order valence-electron chi connectivity index (χ3n) is 0. The molecule has 38 valence electrons. The summed E-state index contributed by atoms with van der Waals surface area (Å²) < 4.78 is 0. The minimum absolute atomic E-state index is 0. The Morgan fingerprint density at radius 1 is 0.833 bits per heavy atom. The zero-order valence-electron chi connectivity index (χ0n) is 5.21. The van der Waals surface area contributed by atoms with Gasteiger partial charge in [0.15, 0.2) is 0 Å². The molecule has 0 aromatic rings. The Labute approximate surface area is 62.5 Å². The Hall–Kier alpha value is 0.883. The average Bonchev–Trinajstić information content (AvgIpc) is 1.00. The first-order valence-corrected chi connectivity index (χ1v) is 0.707. The molecule has 0 bridgehead atoms. The van der Waals surface area contributed by atoms with Gasteiger partial charge in [-0.15, -0.1) is 0 Å². The van der Waals surface area contributed by atoms with E-state index in [2.05, 4.69) is 6.92 Å². The largest absolute Gasteiger partial charge is 4.00 e. The predicted molar refractivity (Wildman–Crippen MR) is 30.3 cm³/mol. The van der Waals surface area contributed by atoms with Crippen LogP contribution in [0.3, 0.4) is 0 Å². The molecule has 0 nitrogen and oxygen atoms in total. The Morgan fingerprint density at radius 3 is 0.833 bits per heavy atom. The summed E-state index contributed by atoms with van der Waals surface area (Å²) >= 11 is 0. The van der Waals surface area contributed by atoms with Crippen molar-refractivity contribution >= 4 is 0 Å². The minimum atomic E-state index is 0. The van der Waals surface area contributed by atoms with Crippen molar-refractivity contribution in [3.05, 3.63) is 29.2 Å². The summed E-state index contributed by atoms with van der Waals surface area (Å²) in [5.74, 6) is 0. The molecule has 0 aromatic carbocycles. The first-order valence-electron chi connectivity index (χ1n) is 0.707. The normalized spacial score (nSPS) is 1.00. The van der Waals surface area contributed by atoms with Crippen LogP contribution in [0.15, 0.2) is 0 Å². The molecule has 0 fully saturated rings. The van der Waals surface area contributed by atoms with Gasteiger partial charge in [-0.3, -0.25) is 0 Å². The SMILES string of the molecule is [CH2-]C.[CH3-].[CH3-].[CH3-].[Zr+4]. The quantitative estimate of drug-likeness (QED) is 0.483. The van der Waals surface area contributed by atoms with Crippen LogP contribution < -0.4 is 0 Å². The zero-order valence-corrected chi connectivity index (χ0v) is 7.67. The second-order valence-corrected chi connectivity index (χ2v) is 0. The molecule has 0 rings (SSSR count). The van der Waals surface area contributed by atoms with E-state index in [0.717, 1.165) is 0 Å². The van der Waals surface area contributed by atoms with Gasteiger partial charge in [0.1, 0.15) is 0 Å². The topological polar surface area (TPSA) is 0 Å². The van der Waals surface area contributed by atoms with Crippen LogP contribution in [-0.2, 0) is 26.2 Å². The number of rotatable bonds is 0. The summed E-state index contributed by atoms with van der Waals surface area (Å²) in [5, 5.41) is 0. The van der Waals surface area contributed by atoms with Crippen molar-refractivity contribution in [2.75, 3.05) is 0 Å². The van der Waals surface area contributed by atoms with Crippen molar-refractivity contribution < 1.29 is 26.2 Å². The van der Waals surface area contributed by atoms with Crippen LogP contribution in [0.1, 0.15) is 6.92 Å². The molecule has 0 unspecified atom stereocenters. The monoisotopic (exact) mass is 164 g/mol. The van der Waals surface area contributed by atoms with Gasteiger partial charge in [-0.05, 0) is 0 Å². The van der Waals surface area contributed by atoms with Gasteiger partial charge < -0.3 is 29.2 Å². The van der Waals surface area contributed by atoms with E-state index in [-0.39, 0.29) is 48.5 Å². The van der Waals surface area contributed by atoms with Gasteiger partial charge in [0.25, 0.3) is 0 Å². The molecule has 6 heavy (non-hydrogen) atoms. The number of hydrogen-bond acceptors (Lipinski definition) is 0. The minimum Gasteiger partial charge on any atom is -0.358 e. The zero-order chi connectivity index (χ0) is 2.00. The molecule has 0 aliphatic rings. The van der Waals surface area contributed by atoms with E-state index in [1.165, 1.54) is 0 Å². The molecule has 0 amide bonds. The van der Waals surface area contributed by atoms with Crippen molar-refractivity contribution in [3.63, 3.8) is 0 Å². The van der Waals surface area contributed by atoms with E-state index in [9.17, 15) is 0 Å². The van der Waals surface area contributed by atoms with Gasteiger partial charge in [-0.25, -0.2) is 0 Å². The summed E-state index contributed by atoms with van der Waals surface area (Å²) in [7, 11) is 0. The average molecular weight is 165 g/mol. The van der Waals surface area contributed by atoms with E-state index < -0.39 is 0 Å². The summed E-state index contributed by atoms with van der Waals surface area (Å²) in [6.07, 6.45) is 0. The second kappa shape index (κ2) is 180. The molecule has 0 aliphatic carbocycles. The van der Waals surface area contributed by atoms with Crippen LogP contribution in [0.25, 0.3) is 0 Å². The van der Waals surface area contributed by atoms with Crippen molar-refractivity contribution in [1.29, 1.82) is 0 Å². The Morgan fingerprint density at radius 2 is 0.833 bits per heavy atom. The van der Waals surface area contributed by atoms with Crippen LogP contribution >= 0.6 is 0 Å². The summed E-state index contributed by atoms with van der Waals surface area (Å²) in [6, 6.07) is 0. The predicted octanol–water partition coefficient (Wildman–Crippen LogP) is 2.19. The maximum atomic E-state index is 3.25. The molecule has 0 heterocycles. The van der Waals surface area contributed by atoms with Gasteiger partial charge in [0, 0.05) is 0 Å². The van der Waals surface area contributed by atoms with E-state index in [1.807, 2.05) is 0 Å². The summed E-state index contributed by atoms with van der Waals surface area (Å²) in [5.41, 5.74) is 0. The fourth-order valence-corrected chi connectivity index (χ4v) is 0. The number of hydrogen-bond donors (Lipinski definition) is 0. The van der Waals surface area contributed by atoms with Crippen LogP contribution in [0.4, 0.5) is 0 Å². The fourth-order valence-electron chi connectivity index (χ4n) is 0. The third kappa shape index (κ3) is 94.4. The van der Waals surface area contributed by atoms with Crippen molar-refractivity contribution in [1.82, 2.24) is 0 Å². The fraction of sp³-hybridized carbons (Fsp3) is 0.200. The van der Waals surface area contributed by atoms with Crippen LogP contribution in [0.5, 0.6) is 0 Å². The van der Waals surface area contributed by atoms with Gasteiger partial charge in [-0.2, -0.15) is 6.92 Å². The van der Waals surface area contributed by atoms with Crippen LogP contribution in [-0.4, -0.2) is 0 Å². The molecule has 0 saturated carbocycles. The van der Waals surface area contributed by atoms with Crippen molar-refractivity contribution in [2.45, 2.75) is 6.92 Å². The second-order valence-electron chi connectivity index (χ2n) is 0. The van der Waals surface area contributed by atoms with E-state index in [0.29, 0.717) is 0 Å². The third-order valence-corrected chi connectivity index (χ3v) is 0. The molecule has 0 N–H and O–H groups in total. The van der Waals surface area contributed by atoms with Gasteiger partial charge in [0.05, 0.1) is 0 Å². The molecular formula is C5H14Zr. The maximum absolute atomic E-state index is 3.25. The molecule has 0 aliphatic heterocycles. The van der Waals surface area contributed by atoms with Gasteiger partial charge in [-0.1, -0.05) is 0 Å². The molecular weight excluding hydrogens is 151 g/mol. The molecule has 0 atom stereocenters. The first-order chi connectivity index (χ1) is 1.00. The smallest absolute Gasteiger partial charge is 0.358 e. The maximum Gasteiger partial charge on any atom is 4.00 e. The first kappa shape index (κ1) is 67.2. The van der Waals surface area contributed by atoms with E-state index in [4.69, 9.17) is 0 Å². The standard InChI is InChI=1S/C2H5.3CH3.Zr/c1-2;;;;/h1H2,2H3;3*1H3;/q4*-1;+4. The van der Waals surface area contributed by atoms with Crippen molar-refractivity contribution in [2.24, 2.45) is 0 Å². The Bertz CT molecular complexity index is 3.90. The molecule has 0 aromatic heterocycles. The summed E-state index contributed by atoms with van der Waals surface area (Å²) in [4.78, 5) is 0.